The molecule has 5 heteroatoms. The molecule has 3 nitrogen and oxygen atoms in total. The second kappa shape index (κ2) is 5.09. The lowest BCUT2D eigenvalue weighted by molar-refractivity contribution is 0.0407. The van der Waals surface area contributed by atoms with Gasteiger partial charge in [0.2, 0.25) is 0 Å². The van der Waals surface area contributed by atoms with Crippen LogP contribution in [-0.2, 0) is 13.6 Å². The van der Waals surface area contributed by atoms with E-state index in [2.05, 4.69) is 15.9 Å². The van der Waals surface area contributed by atoms with Gasteiger partial charge in [-0.15, -0.1) is 0 Å². The number of hydrogen-bond acceptors (Lipinski definition) is 3. The molecule has 1 aromatic carbocycles. The molecule has 1 fully saturated rings. The van der Waals surface area contributed by atoms with E-state index < -0.39 is 12.2 Å². The Hall–Kier alpha value is -0.150. The van der Waals surface area contributed by atoms with Gasteiger partial charge in [-0.25, -0.2) is 0 Å². The Bertz CT molecular complexity index is 473. The average Bonchev–Trinajstić information content (AvgIpc) is 2.32. The van der Waals surface area contributed by atoms with Crippen molar-refractivity contribution in [3.8, 4) is 0 Å². The van der Waals surface area contributed by atoms with E-state index >= 15 is 0 Å². The summed E-state index contributed by atoms with van der Waals surface area (Å²) in [4.78, 5) is 0. The molecule has 0 radical (unpaired) electrons. The third kappa shape index (κ3) is 3.05. The van der Waals surface area contributed by atoms with Gasteiger partial charge in [-0.2, -0.15) is 0 Å². The van der Waals surface area contributed by atoms with Gasteiger partial charge >= 0.3 is 7.60 Å². The smallest absolute Gasteiger partial charge is 0.307 e. The number of benzene rings is 1. The van der Waals surface area contributed by atoms with Crippen molar-refractivity contribution in [2.45, 2.75) is 25.3 Å². The van der Waals surface area contributed by atoms with Crippen molar-refractivity contribution in [2.24, 2.45) is 5.41 Å². The highest BCUT2D eigenvalue weighted by atomic mass is 79.9. The van der Waals surface area contributed by atoms with Gasteiger partial charge in [0.05, 0.1) is 13.2 Å². The predicted molar refractivity (Wildman–Crippen MR) is 76.1 cm³/mol. The minimum atomic E-state index is -3.11. The van der Waals surface area contributed by atoms with Crippen LogP contribution in [0.3, 0.4) is 0 Å². The van der Waals surface area contributed by atoms with Crippen LogP contribution in [0.2, 0.25) is 0 Å². The summed E-state index contributed by atoms with van der Waals surface area (Å²) in [6.45, 7) is 6.99. The minimum absolute atomic E-state index is 0.0762. The quantitative estimate of drug-likeness (QED) is 0.584. The van der Waals surface area contributed by atoms with Crippen LogP contribution in [-0.4, -0.2) is 13.2 Å². The first kappa shape index (κ1) is 14.3. The van der Waals surface area contributed by atoms with Crippen LogP contribution in [0.5, 0.6) is 0 Å². The molecule has 0 bridgehead atoms. The van der Waals surface area contributed by atoms with Gasteiger partial charge in [-0.3, -0.25) is 4.57 Å². The molecule has 1 unspecified atom stereocenters. The molecule has 1 saturated heterocycles. The van der Waals surface area contributed by atoms with E-state index in [1.165, 1.54) is 0 Å². The first-order chi connectivity index (χ1) is 8.32. The molecule has 1 aliphatic rings. The summed E-state index contributed by atoms with van der Waals surface area (Å²) >= 11 is 3.46. The molecule has 100 valence electrons. The van der Waals surface area contributed by atoms with E-state index in [1.54, 1.807) is 0 Å². The van der Waals surface area contributed by atoms with Crippen LogP contribution in [0.4, 0.5) is 0 Å². The SMILES string of the molecule is Cc1cccc(C(Br)P2(=O)OCC(C)(C)CO2)c1. The summed E-state index contributed by atoms with van der Waals surface area (Å²) in [5, 5.41) is 0. The zero-order valence-corrected chi connectivity index (χ0v) is 13.3. The summed E-state index contributed by atoms with van der Waals surface area (Å²) in [7, 11) is -3.11. The van der Waals surface area contributed by atoms with Gasteiger partial charge in [-0.1, -0.05) is 59.6 Å². The molecule has 1 atom stereocenters. The zero-order valence-electron chi connectivity index (χ0n) is 10.9. The molecule has 1 heterocycles. The maximum absolute atomic E-state index is 12.6. The number of rotatable bonds is 2. The lowest BCUT2D eigenvalue weighted by Gasteiger charge is -2.35. The lowest BCUT2D eigenvalue weighted by atomic mass is 9.97. The fourth-order valence-electron chi connectivity index (χ4n) is 1.74. The summed E-state index contributed by atoms with van der Waals surface area (Å²) in [6, 6.07) is 7.87. The first-order valence-corrected chi connectivity index (χ1v) is 8.45. The monoisotopic (exact) mass is 332 g/mol. The van der Waals surface area contributed by atoms with Crippen LogP contribution in [0.1, 0.15) is 29.5 Å². The third-order valence-corrected chi connectivity index (χ3v) is 6.73. The Morgan fingerprint density at radius 1 is 1.33 bits per heavy atom. The van der Waals surface area contributed by atoms with Gasteiger partial charge in [0, 0.05) is 5.41 Å². The van der Waals surface area contributed by atoms with Crippen molar-refractivity contribution < 1.29 is 13.6 Å². The van der Waals surface area contributed by atoms with Crippen LogP contribution in [0.25, 0.3) is 0 Å². The molecule has 0 aliphatic carbocycles. The Labute approximate surface area is 117 Å². The Balaban J connectivity index is 2.19. The van der Waals surface area contributed by atoms with E-state index in [1.807, 2.05) is 45.0 Å². The summed E-state index contributed by atoms with van der Waals surface area (Å²) in [5.41, 5.74) is 1.98. The highest BCUT2D eigenvalue weighted by Crippen LogP contribution is 2.66. The van der Waals surface area contributed by atoms with Crippen LogP contribution < -0.4 is 0 Å². The first-order valence-electron chi connectivity index (χ1n) is 5.92. The molecule has 18 heavy (non-hydrogen) atoms. The normalized spacial score (nSPS) is 23.6. The lowest BCUT2D eigenvalue weighted by Crippen LogP contribution is -2.30. The molecule has 2 rings (SSSR count). The molecular formula is C13H18BrO3P. The number of alkyl halides is 1. The van der Waals surface area contributed by atoms with E-state index in [4.69, 9.17) is 9.05 Å². The number of hydrogen-bond donors (Lipinski definition) is 0. The number of halogens is 1. The summed E-state index contributed by atoms with van der Waals surface area (Å²) in [6.07, 6.45) is 0. The van der Waals surface area contributed by atoms with Crippen LogP contribution >= 0.6 is 23.5 Å². The number of aryl methyl sites for hydroxylation is 1. The maximum atomic E-state index is 12.6. The van der Waals surface area contributed by atoms with Crippen molar-refractivity contribution >= 4 is 23.5 Å². The Morgan fingerprint density at radius 3 is 2.50 bits per heavy atom. The Morgan fingerprint density at radius 2 is 1.94 bits per heavy atom. The van der Waals surface area contributed by atoms with Crippen molar-refractivity contribution in [3.63, 3.8) is 0 Å². The van der Waals surface area contributed by atoms with E-state index in [0.717, 1.165) is 11.1 Å². The van der Waals surface area contributed by atoms with E-state index in [-0.39, 0.29) is 5.41 Å². The van der Waals surface area contributed by atoms with E-state index in [9.17, 15) is 4.57 Å². The molecular weight excluding hydrogens is 315 g/mol. The van der Waals surface area contributed by atoms with Crippen molar-refractivity contribution in [1.29, 1.82) is 0 Å². The fraction of sp³-hybridized carbons (Fsp3) is 0.538. The zero-order chi connectivity index (χ0) is 13.4. The fourth-order valence-corrected chi connectivity index (χ4v) is 4.66. The molecule has 1 aromatic rings. The molecule has 1 aliphatic heterocycles. The van der Waals surface area contributed by atoms with Crippen molar-refractivity contribution in [3.05, 3.63) is 35.4 Å². The molecule has 0 spiro atoms. The van der Waals surface area contributed by atoms with Crippen LogP contribution in [0.15, 0.2) is 24.3 Å². The van der Waals surface area contributed by atoms with Gasteiger partial charge < -0.3 is 9.05 Å². The highest BCUT2D eigenvalue weighted by molar-refractivity contribution is 9.10. The van der Waals surface area contributed by atoms with Crippen molar-refractivity contribution in [2.75, 3.05) is 13.2 Å². The topological polar surface area (TPSA) is 35.5 Å². The van der Waals surface area contributed by atoms with E-state index in [0.29, 0.717) is 13.2 Å². The maximum Gasteiger partial charge on any atom is 0.348 e. The second-order valence-corrected chi connectivity index (χ2v) is 9.24. The third-order valence-electron chi connectivity index (χ3n) is 2.87. The van der Waals surface area contributed by atoms with Crippen molar-refractivity contribution in [1.82, 2.24) is 0 Å². The summed E-state index contributed by atoms with van der Waals surface area (Å²) < 4.78 is 23.3. The van der Waals surface area contributed by atoms with Gasteiger partial charge in [0.25, 0.3) is 0 Å². The standard InChI is InChI=1S/C13H18BrO3P/c1-10-5-4-6-11(7-10)12(14)18(15)16-8-13(2,3)9-17-18/h4-7,12H,8-9H2,1-3H3. The minimum Gasteiger partial charge on any atom is -0.307 e. The molecule has 0 aromatic heterocycles. The van der Waals surface area contributed by atoms with Crippen LogP contribution in [0, 0.1) is 12.3 Å². The predicted octanol–water partition coefficient (Wildman–Crippen LogP) is 4.65. The largest absolute Gasteiger partial charge is 0.348 e. The second-order valence-electron chi connectivity index (χ2n) is 5.50. The molecule has 0 saturated carbocycles. The Kier molecular flexibility index (Phi) is 4.03. The highest BCUT2D eigenvalue weighted by Gasteiger charge is 2.42. The summed E-state index contributed by atoms with van der Waals surface area (Å²) in [5.74, 6) is 0. The van der Waals surface area contributed by atoms with Gasteiger partial charge in [0.15, 0.2) is 0 Å². The molecule has 0 amide bonds. The van der Waals surface area contributed by atoms with Gasteiger partial charge in [0.1, 0.15) is 4.57 Å². The van der Waals surface area contributed by atoms with Gasteiger partial charge in [-0.05, 0) is 12.5 Å². The molecule has 0 N–H and O–H groups in total. The average molecular weight is 333 g/mol.